The summed E-state index contributed by atoms with van der Waals surface area (Å²) in [6, 6.07) is 11.9. The minimum Gasteiger partial charge on any atom is -0.192 e. The molecule has 0 aliphatic rings. The van der Waals surface area contributed by atoms with Gasteiger partial charge in [0.25, 0.3) is 0 Å². The summed E-state index contributed by atoms with van der Waals surface area (Å²) in [5.74, 6) is 0. The summed E-state index contributed by atoms with van der Waals surface area (Å²) in [6.45, 7) is 3.54. The number of benzene rings is 1. The van der Waals surface area contributed by atoms with Crippen molar-refractivity contribution in [2.24, 2.45) is 0 Å². The van der Waals surface area contributed by atoms with Crippen LogP contribution in [0.4, 0.5) is 0 Å². The summed E-state index contributed by atoms with van der Waals surface area (Å²) >= 11 is 0. The molecule has 0 saturated carbocycles. The van der Waals surface area contributed by atoms with Gasteiger partial charge in [0.1, 0.15) is 0 Å². The van der Waals surface area contributed by atoms with Crippen molar-refractivity contribution >= 4 is 6.08 Å². The third kappa shape index (κ3) is 3.12. The summed E-state index contributed by atoms with van der Waals surface area (Å²) in [5.41, 5.74) is 1.68. The van der Waals surface area contributed by atoms with Crippen molar-refractivity contribution in [3.63, 3.8) is 0 Å². The van der Waals surface area contributed by atoms with Crippen LogP contribution in [0.2, 0.25) is 0 Å². The summed E-state index contributed by atoms with van der Waals surface area (Å²) in [5, 5.41) is 8.72. The maximum absolute atomic E-state index is 8.72. The molecule has 1 aromatic rings. The van der Waals surface area contributed by atoms with Crippen molar-refractivity contribution in [1.29, 1.82) is 5.26 Å². The van der Waals surface area contributed by atoms with E-state index in [-0.39, 0.29) is 0 Å². The second-order valence-corrected chi connectivity index (χ2v) is 2.71. The Kier molecular flexibility index (Phi) is 3.97. The van der Waals surface area contributed by atoms with E-state index < -0.39 is 0 Å². The van der Waals surface area contributed by atoms with E-state index in [1.807, 2.05) is 36.4 Å². The fraction of sp³-hybridized carbons (Fsp3) is 0. The van der Waals surface area contributed by atoms with Crippen LogP contribution in [0.3, 0.4) is 0 Å². The first-order valence-electron chi connectivity index (χ1n) is 4.33. The molecular formula is C13H11N. The number of nitrogens with zero attached hydrogens (tertiary/aromatic N) is 1. The van der Waals surface area contributed by atoms with Crippen molar-refractivity contribution in [2.75, 3.05) is 0 Å². The fourth-order valence-electron chi connectivity index (χ4n) is 1.01. The molecule has 1 rings (SSSR count). The highest BCUT2D eigenvalue weighted by atomic mass is 14.2. The van der Waals surface area contributed by atoms with Gasteiger partial charge in [-0.2, -0.15) is 5.26 Å². The summed E-state index contributed by atoms with van der Waals surface area (Å²) in [6.07, 6.45) is 6.96. The first-order valence-corrected chi connectivity index (χ1v) is 4.33. The van der Waals surface area contributed by atoms with Gasteiger partial charge in [-0.05, 0) is 17.7 Å². The quantitative estimate of drug-likeness (QED) is 0.518. The van der Waals surface area contributed by atoms with Crippen molar-refractivity contribution in [2.45, 2.75) is 0 Å². The van der Waals surface area contributed by atoms with E-state index in [0.29, 0.717) is 5.57 Å². The predicted octanol–water partition coefficient (Wildman–Crippen LogP) is 3.34. The highest BCUT2D eigenvalue weighted by Gasteiger charge is 1.86. The molecule has 0 aromatic heterocycles. The lowest BCUT2D eigenvalue weighted by atomic mass is 10.1. The second kappa shape index (κ2) is 5.55. The lowest BCUT2D eigenvalue weighted by molar-refractivity contribution is 1.50. The van der Waals surface area contributed by atoms with Crippen LogP contribution in [0.25, 0.3) is 6.08 Å². The van der Waals surface area contributed by atoms with Crippen LogP contribution in [-0.4, -0.2) is 0 Å². The second-order valence-electron chi connectivity index (χ2n) is 2.71. The molecule has 0 bridgehead atoms. The highest BCUT2D eigenvalue weighted by Crippen LogP contribution is 2.04. The molecule has 1 aromatic carbocycles. The Bertz CT molecular complexity index is 391. The zero-order valence-electron chi connectivity index (χ0n) is 7.85. The number of rotatable bonds is 3. The van der Waals surface area contributed by atoms with Gasteiger partial charge >= 0.3 is 0 Å². The molecule has 0 spiro atoms. The molecule has 14 heavy (non-hydrogen) atoms. The normalized spacial score (nSPS) is 11.2. The molecule has 0 fully saturated rings. The summed E-state index contributed by atoms with van der Waals surface area (Å²) < 4.78 is 0. The molecule has 0 heterocycles. The third-order valence-corrected chi connectivity index (χ3v) is 1.68. The largest absolute Gasteiger partial charge is 0.192 e. The van der Waals surface area contributed by atoms with Gasteiger partial charge < -0.3 is 0 Å². The van der Waals surface area contributed by atoms with Crippen LogP contribution in [0.5, 0.6) is 0 Å². The standard InChI is InChI=1S/C13H11N/c1-2-6-13(11-14)10-9-12-7-4-3-5-8-12/h2-10H,1H2/b10-9+,13-6+. The fourth-order valence-corrected chi connectivity index (χ4v) is 1.01. The molecule has 0 aliphatic heterocycles. The van der Waals surface area contributed by atoms with Gasteiger partial charge in [0, 0.05) is 0 Å². The lowest BCUT2D eigenvalue weighted by Gasteiger charge is -1.90. The molecule has 0 N–H and O–H groups in total. The van der Waals surface area contributed by atoms with Crippen molar-refractivity contribution in [3.8, 4) is 6.07 Å². The van der Waals surface area contributed by atoms with Crippen LogP contribution in [-0.2, 0) is 0 Å². The molecule has 0 unspecified atom stereocenters. The van der Waals surface area contributed by atoms with E-state index in [4.69, 9.17) is 5.26 Å². The maximum atomic E-state index is 8.72. The van der Waals surface area contributed by atoms with E-state index in [2.05, 4.69) is 12.6 Å². The summed E-state index contributed by atoms with van der Waals surface area (Å²) in [7, 11) is 0. The van der Waals surface area contributed by atoms with Crippen LogP contribution < -0.4 is 0 Å². The summed E-state index contributed by atoms with van der Waals surface area (Å²) in [4.78, 5) is 0. The van der Waals surface area contributed by atoms with E-state index in [1.165, 1.54) is 0 Å². The Hall–Kier alpha value is -2.07. The Morgan fingerprint density at radius 1 is 1.29 bits per heavy atom. The first kappa shape index (κ1) is 10.0. The third-order valence-electron chi connectivity index (χ3n) is 1.68. The van der Waals surface area contributed by atoms with Gasteiger partial charge in [-0.3, -0.25) is 0 Å². The Balaban J connectivity index is 2.79. The van der Waals surface area contributed by atoms with Gasteiger partial charge in [-0.15, -0.1) is 0 Å². The van der Waals surface area contributed by atoms with Crippen LogP contribution >= 0.6 is 0 Å². The smallest absolute Gasteiger partial charge is 0.0991 e. The Labute approximate surface area is 84.3 Å². The molecule has 0 radical (unpaired) electrons. The van der Waals surface area contributed by atoms with Gasteiger partial charge in [0.2, 0.25) is 0 Å². The Morgan fingerprint density at radius 3 is 2.57 bits per heavy atom. The minimum absolute atomic E-state index is 0.601. The monoisotopic (exact) mass is 181 g/mol. The van der Waals surface area contributed by atoms with Gasteiger partial charge in [-0.1, -0.05) is 49.1 Å². The molecule has 0 atom stereocenters. The minimum atomic E-state index is 0.601. The van der Waals surface area contributed by atoms with Gasteiger partial charge in [0.05, 0.1) is 11.6 Å². The first-order chi connectivity index (χ1) is 6.86. The SMILES string of the molecule is C=C/C=C(C#N)\C=C\c1ccccc1. The van der Waals surface area contributed by atoms with Crippen LogP contribution in [0, 0.1) is 11.3 Å². The zero-order chi connectivity index (χ0) is 10.2. The van der Waals surface area contributed by atoms with E-state index in [0.717, 1.165) is 5.56 Å². The van der Waals surface area contributed by atoms with Gasteiger partial charge in [0.15, 0.2) is 0 Å². The average molecular weight is 181 g/mol. The number of allylic oxidation sites excluding steroid dienone is 4. The maximum Gasteiger partial charge on any atom is 0.0991 e. The lowest BCUT2D eigenvalue weighted by Crippen LogP contribution is -1.72. The highest BCUT2D eigenvalue weighted by molar-refractivity contribution is 5.55. The average Bonchev–Trinajstić information content (AvgIpc) is 2.25. The predicted molar refractivity (Wildman–Crippen MR) is 59.4 cm³/mol. The van der Waals surface area contributed by atoms with Crippen molar-refractivity contribution in [1.82, 2.24) is 0 Å². The molecule has 1 nitrogen and oxygen atoms in total. The number of nitriles is 1. The Morgan fingerprint density at radius 2 is 2.00 bits per heavy atom. The molecule has 0 aliphatic carbocycles. The zero-order valence-corrected chi connectivity index (χ0v) is 7.85. The van der Waals surface area contributed by atoms with Crippen molar-refractivity contribution in [3.05, 3.63) is 66.3 Å². The van der Waals surface area contributed by atoms with Crippen LogP contribution in [0.15, 0.2) is 60.7 Å². The van der Waals surface area contributed by atoms with Gasteiger partial charge in [-0.25, -0.2) is 0 Å². The van der Waals surface area contributed by atoms with E-state index >= 15 is 0 Å². The van der Waals surface area contributed by atoms with Crippen LogP contribution in [0.1, 0.15) is 5.56 Å². The molecule has 1 heteroatoms. The number of hydrogen-bond acceptors (Lipinski definition) is 1. The molecule has 0 saturated heterocycles. The van der Waals surface area contributed by atoms with E-state index in [9.17, 15) is 0 Å². The molecule has 0 amide bonds. The van der Waals surface area contributed by atoms with Crippen molar-refractivity contribution < 1.29 is 0 Å². The molecule has 68 valence electrons. The van der Waals surface area contributed by atoms with E-state index in [1.54, 1.807) is 18.2 Å². The molecular weight excluding hydrogens is 170 g/mol. The topological polar surface area (TPSA) is 23.8 Å². The number of hydrogen-bond donors (Lipinski definition) is 0.